The number of amides is 2. The van der Waals surface area contributed by atoms with Crippen molar-refractivity contribution in [2.45, 2.75) is 13.3 Å². The smallest absolute Gasteiger partial charge is 0.255 e. The van der Waals surface area contributed by atoms with Crippen molar-refractivity contribution >= 4 is 11.8 Å². The van der Waals surface area contributed by atoms with Crippen LogP contribution in [0, 0.1) is 11.8 Å². The third-order valence-corrected chi connectivity index (χ3v) is 2.76. The highest BCUT2D eigenvalue weighted by molar-refractivity contribution is 5.98. The second kappa shape index (κ2) is 8.77. The van der Waals surface area contributed by atoms with Crippen molar-refractivity contribution in [3.05, 3.63) is 35.4 Å². The number of aliphatic hydroxyl groups is 1. The maximum Gasteiger partial charge on any atom is 0.255 e. The molecule has 1 aromatic rings. The van der Waals surface area contributed by atoms with E-state index in [1.165, 1.54) is 4.90 Å². The highest BCUT2D eigenvalue weighted by Crippen LogP contribution is 2.10. The molecule has 0 aliphatic carbocycles. The van der Waals surface area contributed by atoms with Gasteiger partial charge in [0, 0.05) is 19.2 Å². The molecule has 0 spiro atoms. The van der Waals surface area contributed by atoms with Crippen LogP contribution in [-0.2, 0) is 4.79 Å². The molecule has 0 bridgehead atoms. The van der Waals surface area contributed by atoms with Crippen molar-refractivity contribution in [2.24, 2.45) is 0 Å². The van der Waals surface area contributed by atoms with E-state index in [2.05, 4.69) is 17.2 Å². The zero-order valence-electron chi connectivity index (χ0n) is 12.3. The molecular formula is C16H20N2O3. The monoisotopic (exact) mass is 288 g/mol. The van der Waals surface area contributed by atoms with Gasteiger partial charge >= 0.3 is 0 Å². The van der Waals surface area contributed by atoms with E-state index in [0.29, 0.717) is 17.7 Å². The van der Waals surface area contributed by atoms with Crippen molar-refractivity contribution in [1.29, 1.82) is 0 Å². The second-order valence-corrected chi connectivity index (χ2v) is 4.52. The summed E-state index contributed by atoms with van der Waals surface area (Å²) in [5.41, 5.74) is 0.960. The van der Waals surface area contributed by atoms with Gasteiger partial charge in [0.25, 0.3) is 5.91 Å². The molecule has 0 saturated heterocycles. The van der Waals surface area contributed by atoms with Crippen LogP contribution in [0.15, 0.2) is 24.3 Å². The lowest BCUT2D eigenvalue weighted by Crippen LogP contribution is -2.38. The molecule has 0 saturated carbocycles. The van der Waals surface area contributed by atoms with E-state index in [1.807, 2.05) is 6.92 Å². The minimum atomic E-state index is -0.274. The number of carbonyl (C=O) groups excluding carboxylic acids is 2. The van der Waals surface area contributed by atoms with Crippen molar-refractivity contribution < 1.29 is 14.7 Å². The number of hydrogen-bond acceptors (Lipinski definition) is 3. The zero-order valence-corrected chi connectivity index (χ0v) is 12.3. The molecule has 0 aliphatic heterocycles. The molecule has 2 N–H and O–H groups in total. The number of aliphatic hydroxyl groups excluding tert-OH is 1. The molecule has 2 amide bonds. The highest BCUT2D eigenvalue weighted by atomic mass is 16.2. The van der Waals surface area contributed by atoms with E-state index in [1.54, 1.807) is 31.3 Å². The first kappa shape index (κ1) is 16.7. The largest absolute Gasteiger partial charge is 0.384 e. The Morgan fingerprint density at radius 2 is 2.05 bits per heavy atom. The van der Waals surface area contributed by atoms with Crippen LogP contribution >= 0.6 is 0 Å². The summed E-state index contributed by atoms with van der Waals surface area (Å²) in [6.07, 6.45) is 0.850. The Morgan fingerprint density at radius 1 is 1.33 bits per heavy atom. The molecule has 0 fully saturated rings. The van der Waals surface area contributed by atoms with Gasteiger partial charge in [0.2, 0.25) is 5.91 Å². The Balaban J connectivity index is 2.81. The molecule has 0 aromatic heterocycles. The van der Waals surface area contributed by atoms with Gasteiger partial charge in [-0.2, -0.15) is 0 Å². The van der Waals surface area contributed by atoms with E-state index < -0.39 is 0 Å². The maximum atomic E-state index is 12.4. The number of nitrogens with zero attached hydrogens (tertiary/aromatic N) is 1. The molecule has 1 rings (SSSR count). The van der Waals surface area contributed by atoms with Crippen LogP contribution in [0.1, 0.15) is 29.3 Å². The molecule has 21 heavy (non-hydrogen) atoms. The predicted octanol–water partition coefficient (Wildman–Crippen LogP) is 0.629. The molecular weight excluding hydrogens is 268 g/mol. The van der Waals surface area contributed by atoms with Crippen molar-refractivity contribution in [2.75, 3.05) is 26.7 Å². The minimum absolute atomic E-state index is 0.000591. The average molecular weight is 288 g/mol. The average Bonchev–Trinajstić information content (AvgIpc) is 2.50. The third kappa shape index (κ3) is 5.28. The minimum Gasteiger partial charge on any atom is -0.384 e. The lowest BCUT2D eigenvalue weighted by atomic mass is 10.1. The first-order chi connectivity index (χ1) is 10.1. The fourth-order valence-electron chi connectivity index (χ4n) is 1.73. The normalized spacial score (nSPS) is 9.48. The van der Waals surface area contributed by atoms with Gasteiger partial charge in [0.1, 0.15) is 6.61 Å². The predicted molar refractivity (Wildman–Crippen MR) is 80.7 cm³/mol. The molecule has 0 atom stereocenters. The number of rotatable bonds is 5. The van der Waals surface area contributed by atoms with Crippen LogP contribution in [0.5, 0.6) is 0 Å². The molecule has 5 nitrogen and oxygen atoms in total. The van der Waals surface area contributed by atoms with Crippen LogP contribution in [-0.4, -0.2) is 48.6 Å². The topological polar surface area (TPSA) is 69.6 Å². The van der Waals surface area contributed by atoms with E-state index in [4.69, 9.17) is 5.11 Å². The Morgan fingerprint density at radius 3 is 2.71 bits per heavy atom. The summed E-state index contributed by atoms with van der Waals surface area (Å²) in [6, 6.07) is 6.87. The van der Waals surface area contributed by atoms with E-state index >= 15 is 0 Å². The Hall–Kier alpha value is -2.32. The molecule has 5 heteroatoms. The first-order valence-corrected chi connectivity index (χ1v) is 6.81. The standard InChI is InChI=1S/C16H20N2O3/c1-3-10-17-15(20)12-18(2)16(21)14-9-5-4-7-13(14)8-6-11-19/h4-5,7,9,19H,3,10-12H2,1-2H3,(H,17,20). The molecule has 0 aliphatic rings. The number of nitrogens with one attached hydrogen (secondary N) is 1. The molecule has 0 unspecified atom stereocenters. The molecule has 0 radical (unpaired) electrons. The van der Waals surface area contributed by atoms with Gasteiger partial charge < -0.3 is 15.3 Å². The molecule has 0 heterocycles. The highest BCUT2D eigenvalue weighted by Gasteiger charge is 2.16. The summed E-state index contributed by atoms with van der Waals surface area (Å²) in [5.74, 6) is 4.80. The summed E-state index contributed by atoms with van der Waals surface area (Å²) < 4.78 is 0. The number of benzene rings is 1. The van der Waals surface area contributed by atoms with Crippen LogP contribution in [0.3, 0.4) is 0 Å². The number of hydrogen-bond donors (Lipinski definition) is 2. The fourth-order valence-corrected chi connectivity index (χ4v) is 1.73. The van der Waals surface area contributed by atoms with Gasteiger partial charge in [0.05, 0.1) is 12.1 Å². The summed E-state index contributed by atoms with van der Waals surface area (Å²) in [6.45, 7) is 2.29. The van der Waals surface area contributed by atoms with Crippen LogP contribution in [0.4, 0.5) is 0 Å². The van der Waals surface area contributed by atoms with Crippen molar-refractivity contribution in [1.82, 2.24) is 10.2 Å². The third-order valence-electron chi connectivity index (χ3n) is 2.76. The quantitative estimate of drug-likeness (QED) is 0.781. The van der Waals surface area contributed by atoms with Gasteiger partial charge in [-0.1, -0.05) is 30.9 Å². The fraction of sp³-hybridized carbons (Fsp3) is 0.375. The summed E-state index contributed by atoms with van der Waals surface area (Å²) >= 11 is 0. The Labute approximate surface area is 125 Å². The van der Waals surface area contributed by atoms with Gasteiger partial charge in [-0.3, -0.25) is 9.59 Å². The zero-order chi connectivity index (χ0) is 15.7. The maximum absolute atomic E-state index is 12.4. The van der Waals surface area contributed by atoms with Gasteiger partial charge in [0.15, 0.2) is 0 Å². The van der Waals surface area contributed by atoms with Crippen molar-refractivity contribution in [3.8, 4) is 11.8 Å². The van der Waals surface area contributed by atoms with E-state index in [-0.39, 0.29) is 25.0 Å². The van der Waals surface area contributed by atoms with Crippen LogP contribution < -0.4 is 5.32 Å². The van der Waals surface area contributed by atoms with Gasteiger partial charge in [-0.15, -0.1) is 0 Å². The first-order valence-electron chi connectivity index (χ1n) is 6.81. The Kier molecular flexibility index (Phi) is 6.99. The molecule has 112 valence electrons. The Bertz CT molecular complexity index is 558. The number of carbonyl (C=O) groups is 2. The van der Waals surface area contributed by atoms with Gasteiger partial charge in [-0.05, 0) is 18.6 Å². The lowest BCUT2D eigenvalue weighted by Gasteiger charge is -2.17. The lowest BCUT2D eigenvalue weighted by molar-refractivity contribution is -0.121. The van der Waals surface area contributed by atoms with Crippen LogP contribution in [0.2, 0.25) is 0 Å². The van der Waals surface area contributed by atoms with Gasteiger partial charge in [-0.25, -0.2) is 0 Å². The summed E-state index contributed by atoms with van der Waals surface area (Å²) in [7, 11) is 1.57. The van der Waals surface area contributed by atoms with Crippen molar-refractivity contribution in [3.63, 3.8) is 0 Å². The van der Waals surface area contributed by atoms with E-state index in [0.717, 1.165) is 6.42 Å². The van der Waals surface area contributed by atoms with Crippen LogP contribution in [0.25, 0.3) is 0 Å². The number of likely N-dealkylation sites (N-methyl/N-ethyl adjacent to an activating group) is 1. The summed E-state index contributed by atoms with van der Waals surface area (Å²) in [4.78, 5) is 25.3. The SMILES string of the molecule is CCCNC(=O)CN(C)C(=O)c1ccccc1C#CCO. The molecule has 1 aromatic carbocycles. The summed E-state index contributed by atoms with van der Waals surface area (Å²) in [5, 5.41) is 11.5. The van der Waals surface area contributed by atoms with E-state index in [9.17, 15) is 9.59 Å². The second-order valence-electron chi connectivity index (χ2n) is 4.52.